The molecular formula is C13H24N4O5S. The fourth-order valence-electron chi connectivity index (χ4n) is 1.54. The van der Waals surface area contributed by atoms with Crippen molar-refractivity contribution >= 4 is 36.3 Å². The Morgan fingerprint density at radius 3 is 2.04 bits per heavy atom. The molecule has 0 radical (unpaired) electrons. The van der Waals surface area contributed by atoms with E-state index in [4.69, 9.17) is 10.8 Å². The maximum absolute atomic E-state index is 12.0. The Bertz CT molecular complexity index is 456. The highest BCUT2D eigenvalue weighted by Gasteiger charge is 2.27. The zero-order valence-electron chi connectivity index (χ0n) is 13.3. The number of carbonyl (C=O) groups excluding carboxylic acids is 3. The Labute approximate surface area is 140 Å². The third kappa shape index (κ3) is 7.84. The first-order valence-electron chi connectivity index (χ1n) is 7.06. The Hall–Kier alpha value is -1.81. The van der Waals surface area contributed by atoms with Gasteiger partial charge in [-0.1, -0.05) is 13.8 Å². The molecule has 3 amide bonds. The third-order valence-corrected chi connectivity index (χ3v) is 3.27. The summed E-state index contributed by atoms with van der Waals surface area (Å²) in [5.41, 5.74) is 5.33. The summed E-state index contributed by atoms with van der Waals surface area (Å²) in [6.07, 6.45) is 0. The summed E-state index contributed by atoms with van der Waals surface area (Å²) >= 11 is 3.97. The number of carbonyl (C=O) groups is 4. The van der Waals surface area contributed by atoms with Crippen LogP contribution in [0.1, 0.15) is 20.8 Å². The molecule has 0 fully saturated rings. The zero-order chi connectivity index (χ0) is 18.2. The lowest BCUT2D eigenvalue weighted by Crippen LogP contribution is -2.55. The molecule has 0 spiro atoms. The van der Waals surface area contributed by atoms with Crippen LogP contribution in [0.25, 0.3) is 0 Å². The van der Waals surface area contributed by atoms with Crippen LogP contribution in [-0.2, 0) is 19.2 Å². The topological polar surface area (TPSA) is 151 Å². The van der Waals surface area contributed by atoms with E-state index in [1.165, 1.54) is 6.92 Å². The van der Waals surface area contributed by atoms with Gasteiger partial charge in [0.2, 0.25) is 17.7 Å². The quantitative estimate of drug-likeness (QED) is 0.268. The second-order valence-electron chi connectivity index (χ2n) is 5.38. The smallest absolute Gasteiger partial charge is 0.326 e. The number of rotatable bonds is 9. The van der Waals surface area contributed by atoms with Gasteiger partial charge in [-0.15, -0.1) is 0 Å². The van der Waals surface area contributed by atoms with Gasteiger partial charge in [-0.3, -0.25) is 14.4 Å². The molecule has 3 unspecified atom stereocenters. The van der Waals surface area contributed by atoms with Gasteiger partial charge < -0.3 is 26.8 Å². The van der Waals surface area contributed by atoms with E-state index in [2.05, 4.69) is 28.6 Å². The number of carboxylic acid groups (broad SMARTS) is 1. The van der Waals surface area contributed by atoms with Gasteiger partial charge in [0.15, 0.2) is 0 Å². The van der Waals surface area contributed by atoms with Gasteiger partial charge >= 0.3 is 5.97 Å². The van der Waals surface area contributed by atoms with Gasteiger partial charge in [0, 0.05) is 5.75 Å². The van der Waals surface area contributed by atoms with E-state index in [1.54, 1.807) is 13.8 Å². The van der Waals surface area contributed by atoms with Crippen molar-refractivity contribution in [2.45, 2.75) is 38.9 Å². The standard InChI is InChI=1S/C13H24N4O5S/c1-6(2)10(13(21)22)17-12(20)8(5-23)16-9(18)4-15-11(19)7(3)14/h6-8,10,23H,4-5,14H2,1-3H3,(H,15,19)(H,16,18)(H,17,20)(H,21,22). The average Bonchev–Trinajstić information content (AvgIpc) is 2.46. The second kappa shape index (κ2) is 10.1. The molecule has 3 atom stereocenters. The summed E-state index contributed by atoms with van der Waals surface area (Å²) in [5, 5.41) is 16.1. The van der Waals surface area contributed by atoms with E-state index in [0.29, 0.717) is 0 Å². The highest BCUT2D eigenvalue weighted by molar-refractivity contribution is 7.80. The number of hydrogen-bond donors (Lipinski definition) is 6. The number of aliphatic carboxylic acids is 1. The number of hydrogen-bond acceptors (Lipinski definition) is 6. The lowest BCUT2D eigenvalue weighted by molar-refractivity contribution is -0.143. The van der Waals surface area contributed by atoms with Crippen molar-refractivity contribution in [3.63, 3.8) is 0 Å². The molecule has 0 saturated heterocycles. The Morgan fingerprint density at radius 1 is 1.09 bits per heavy atom. The van der Waals surface area contributed by atoms with E-state index < -0.39 is 41.8 Å². The molecule has 0 aromatic rings. The molecule has 132 valence electrons. The molecule has 0 heterocycles. The van der Waals surface area contributed by atoms with Gasteiger partial charge in [0.25, 0.3) is 0 Å². The summed E-state index contributed by atoms with van der Waals surface area (Å²) in [5.74, 6) is -3.28. The van der Waals surface area contributed by atoms with Crippen LogP contribution in [0, 0.1) is 5.92 Å². The number of carboxylic acids is 1. The molecule has 0 aromatic carbocycles. The van der Waals surface area contributed by atoms with Crippen LogP contribution in [0.15, 0.2) is 0 Å². The predicted molar refractivity (Wildman–Crippen MR) is 86.8 cm³/mol. The lowest BCUT2D eigenvalue weighted by Gasteiger charge is -2.22. The summed E-state index contributed by atoms with van der Waals surface area (Å²) in [6.45, 7) is 4.42. The average molecular weight is 348 g/mol. The van der Waals surface area contributed by atoms with Crippen LogP contribution in [0.4, 0.5) is 0 Å². The minimum Gasteiger partial charge on any atom is -0.480 e. The van der Waals surface area contributed by atoms with Gasteiger partial charge in [-0.25, -0.2) is 4.79 Å². The van der Waals surface area contributed by atoms with Crippen molar-refractivity contribution in [3.8, 4) is 0 Å². The first kappa shape index (κ1) is 21.2. The zero-order valence-corrected chi connectivity index (χ0v) is 14.2. The van der Waals surface area contributed by atoms with E-state index in [1.807, 2.05) is 0 Å². The lowest BCUT2D eigenvalue weighted by atomic mass is 10.0. The highest BCUT2D eigenvalue weighted by Crippen LogP contribution is 2.02. The van der Waals surface area contributed by atoms with Crippen molar-refractivity contribution in [1.82, 2.24) is 16.0 Å². The fourth-order valence-corrected chi connectivity index (χ4v) is 1.79. The molecule has 6 N–H and O–H groups in total. The molecule has 0 aliphatic rings. The summed E-state index contributed by atoms with van der Waals surface area (Å²) < 4.78 is 0. The summed E-state index contributed by atoms with van der Waals surface area (Å²) in [4.78, 5) is 46.1. The summed E-state index contributed by atoms with van der Waals surface area (Å²) in [6, 6.07) is -2.84. The predicted octanol–water partition coefficient (Wildman–Crippen LogP) is -1.91. The molecule has 0 rings (SSSR count). The fraction of sp³-hybridized carbons (Fsp3) is 0.692. The number of nitrogens with one attached hydrogen (secondary N) is 3. The largest absolute Gasteiger partial charge is 0.480 e. The van der Waals surface area contributed by atoms with E-state index in [-0.39, 0.29) is 18.2 Å². The van der Waals surface area contributed by atoms with E-state index >= 15 is 0 Å². The number of thiol groups is 1. The molecule has 0 aliphatic carbocycles. The third-order valence-electron chi connectivity index (χ3n) is 2.90. The maximum atomic E-state index is 12.0. The minimum atomic E-state index is -1.17. The van der Waals surface area contributed by atoms with Crippen LogP contribution >= 0.6 is 12.6 Å². The Kier molecular flexibility index (Phi) is 9.27. The van der Waals surface area contributed by atoms with Crippen LogP contribution in [-0.4, -0.2) is 59.2 Å². The molecular weight excluding hydrogens is 324 g/mol. The van der Waals surface area contributed by atoms with E-state index in [9.17, 15) is 19.2 Å². The second-order valence-corrected chi connectivity index (χ2v) is 5.74. The Balaban J connectivity index is 4.58. The number of amides is 3. The Morgan fingerprint density at radius 2 is 1.65 bits per heavy atom. The highest BCUT2D eigenvalue weighted by atomic mass is 32.1. The van der Waals surface area contributed by atoms with Crippen LogP contribution < -0.4 is 21.7 Å². The molecule has 0 saturated carbocycles. The minimum absolute atomic E-state index is 0.0246. The molecule has 23 heavy (non-hydrogen) atoms. The van der Waals surface area contributed by atoms with Crippen LogP contribution in [0.3, 0.4) is 0 Å². The normalized spacial score (nSPS) is 14.5. The number of nitrogens with two attached hydrogens (primary N) is 1. The molecule has 0 aliphatic heterocycles. The van der Waals surface area contributed by atoms with Crippen molar-refractivity contribution in [2.75, 3.05) is 12.3 Å². The van der Waals surface area contributed by atoms with Crippen molar-refractivity contribution in [2.24, 2.45) is 11.7 Å². The molecule has 9 nitrogen and oxygen atoms in total. The van der Waals surface area contributed by atoms with Gasteiger partial charge in [-0.05, 0) is 12.8 Å². The molecule has 0 aromatic heterocycles. The summed E-state index contributed by atoms with van der Waals surface area (Å²) in [7, 11) is 0. The monoisotopic (exact) mass is 348 g/mol. The van der Waals surface area contributed by atoms with Crippen molar-refractivity contribution < 1.29 is 24.3 Å². The first-order chi connectivity index (χ1) is 10.6. The molecule has 10 heteroatoms. The molecule has 0 bridgehead atoms. The maximum Gasteiger partial charge on any atom is 0.326 e. The SMILES string of the molecule is CC(N)C(=O)NCC(=O)NC(CS)C(=O)NC(C(=O)O)C(C)C. The van der Waals surface area contributed by atoms with Crippen molar-refractivity contribution in [3.05, 3.63) is 0 Å². The van der Waals surface area contributed by atoms with Crippen LogP contribution in [0.2, 0.25) is 0 Å². The van der Waals surface area contributed by atoms with Gasteiger partial charge in [0.1, 0.15) is 12.1 Å². The van der Waals surface area contributed by atoms with Crippen molar-refractivity contribution in [1.29, 1.82) is 0 Å². The first-order valence-corrected chi connectivity index (χ1v) is 7.70. The van der Waals surface area contributed by atoms with Gasteiger partial charge in [-0.2, -0.15) is 12.6 Å². The van der Waals surface area contributed by atoms with Gasteiger partial charge in [0.05, 0.1) is 12.6 Å². The van der Waals surface area contributed by atoms with Crippen LogP contribution in [0.5, 0.6) is 0 Å². The van der Waals surface area contributed by atoms with E-state index in [0.717, 1.165) is 0 Å².